The number of fused-ring (bicyclic) bond motifs is 3. The monoisotopic (exact) mass is 258 g/mol. The van der Waals surface area contributed by atoms with E-state index in [-0.39, 0.29) is 6.61 Å². The maximum Gasteiger partial charge on any atom is 0.337 e. The van der Waals surface area contributed by atoms with Gasteiger partial charge in [-0.05, 0) is 12.5 Å². The fourth-order valence-corrected chi connectivity index (χ4v) is 2.55. The van der Waals surface area contributed by atoms with Crippen molar-refractivity contribution in [2.75, 3.05) is 6.61 Å². The van der Waals surface area contributed by atoms with Crippen LogP contribution in [-0.2, 0) is 9.53 Å². The van der Waals surface area contributed by atoms with Crippen LogP contribution in [0.3, 0.4) is 0 Å². The summed E-state index contributed by atoms with van der Waals surface area (Å²) in [6.45, 7) is 1.97. The summed E-state index contributed by atoms with van der Waals surface area (Å²) >= 11 is 0. The molecule has 2 unspecified atom stereocenters. The molecule has 0 bridgehead atoms. The topological polar surface area (TPSA) is 64.3 Å². The van der Waals surface area contributed by atoms with Crippen LogP contribution < -0.4 is 0 Å². The number of aliphatic hydroxyl groups is 1. The van der Waals surface area contributed by atoms with E-state index in [9.17, 15) is 9.90 Å². The molecule has 19 heavy (non-hydrogen) atoms. The Balaban J connectivity index is 2.05. The second-order valence-electron chi connectivity index (χ2n) is 4.42. The molecule has 3 rings (SSSR count). The first kappa shape index (κ1) is 11.9. The Kier molecular flexibility index (Phi) is 2.83. The SMILES string of the molecule is CCOC(=O)C(O)C1c2ccccc2-c2cncn21. The number of carbonyl (C=O) groups is 1. The molecule has 1 N–H and O–H groups in total. The molecule has 1 aliphatic rings. The average Bonchev–Trinajstić information content (AvgIpc) is 2.98. The number of hydrogen-bond donors (Lipinski definition) is 1. The minimum Gasteiger partial charge on any atom is -0.464 e. The Morgan fingerprint density at radius 1 is 1.53 bits per heavy atom. The van der Waals surface area contributed by atoms with Crippen molar-refractivity contribution >= 4 is 5.97 Å². The van der Waals surface area contributed by atoms with Gasteiger partial charge in [0.1, 0.15) is 0 Å². The van der Waals surface area contributed by atoms with Crippen molar-refractivity contribution in [1.29, 1.82) is 0 Å². The first-order chi connectivity index (χ1) is 9.24. The molecule has 5 heteroatoms. The molecule has 0 saturated heterocycles. The summed E-state index contributed by atoms with van der Waals surface area (Å²) in [6.07, 6.45) is 2.13. The molecule has 0 saturated carbocycles. The third-order valence-corrected chi connectivity index (χ3v) is 3.35. The summed E-state index contributed by atoms with van der Waals surface area (Å²) in [6, 6.07) is 7.22. The van der Waals surface area contributed by atoms with Crippen LogP contribution in [0, 0.1) is 0 Å². The van der Waals surface area contributed by atoms with Crippen molar-refractivity contribution in [1.82, 2.24) is 9.55 Å². The molecular formula is C14H14N2O3. The number of ether oxygens (including phenoxy) is 1. The van der Waals surface area contributed by atoms with Crippen molar-refractivity contribution in [3.63, 3.8) is 0 Å². The van der Waals surface area contributed by atoms with Crippen LogP contribution in [0.15, 0.2) is 36.8 Å². The zero-order valence-electron chi connectivity index (χ0n) is 10.5. The lowest BCUT2D eigenvalue weighted by Gasteiger charge is -2.19. The number of rotatable bonds is 3. The van der Waals surface area contributed by atoms with Crippen molar-refractivity contribution in [2.24, 2.45) is 0 Å². The predicted molar refractivity (Wildman–Crippen MR) is 68.4 cm³/mol. The second-order valence-corrected chi connectivity index (χ2v) is 4.42. The first-order valence-corrected chi connectivity index (χ1v) is 6.20. The zero-order chi connectivity index (χ0) is 13.4. The van der Waals surface area contributed by atoms with Gasteiger partial charge in [-0.2, -0.15) is 0 Å². The molecule has 0 radical (unpaired) electrons. The van der Waals surface area contributed by atoms with E-state index in [0.29, 0.717) is 0 Å². The third-order valence-electron chi connectivity index (χ3n) is 3.35. The van der Waals surface area contributed by atoms with E-state index in [1.54, 1.807) is 19.4 Å². The molecule has 0 amide bonds. The van der Waals surface area contributed by atoms with Gasteiger partial charge in [-0.15, -0.1) is 0 Å². The predicted octanol–water partition coefficient (Wildman–Crippen LogP) is 1.38. The van der Waals surface area contributed by atoms with Gasteiger partial charge in [0.15, 0.2) is 6.10 Å². The Morgan fingerprint density at radius 2 is 2.32 bits per heavy atom. The fraction of sp³-hybridized carbons (Fsp3) is 0.286. The summed E-state index contributed by atoms with van der Waals surface area (Å²) in [5.74, 6) is -0.608. The highest BCUT2D eigenvalue weighted by atomic mass is 16.5. The van der Waals surface area contributed by atoms with E-state index in [2.05, 4.69) is 4.98 Å². The normalized spacial score (nSPS) is 17.7. The minimum atomic E-state index is -1.23. The molecular weight excluding hydrogens is 244 g/mol. The van der Waals surface area contributed by atoms with Gasteiger partial charge in [-0.25, -0.2) is 9.78 Å². The molecule has 98 valence electrons. The number of esters is 1. The molecule has 0 fully saturated rings. The lowest BCUT2D eigenvalue weighted by molar-refractivity contribution is -0.154. The summed E-state index contributed by atoms with van der Waals surface area (Å²) in [5, 5.41) is 10.2. The Morgan fingerprint density at radius 3 is 3.11 bits per heavy atom. The van der Waals surface area contributed by atoms with Crippen LogP contribution in [0.1, 0.15) is 18.5 Å². The minimum absolute atomic E-state index is 0.251. The smallest absolute Gasteiger partial charge is 0.337 e. The quantitative estimate of drug-likeness (QED) is 0.845. The van der Waals surface area contributed by atoms with Crippen LogP contribution >= 0.6 is 0 Å². The van der Waals surface area contributed by atoms with Gasteiger partial charge in [0, 0.05) is 5.56 Å². The lowest BCUT2D eigenvalue weighted by Crippen LogP contribution is -2.32. The van der Waals surface area contributed by atoms with Crippen molar-refractivity contribution in [3.05, 3.63) is 42.4 Å². The lowest BCUT2D eigenvalue weighted by atomic mass is 9.99. The van der Waals surface area contributed by atoms with Gasteiger partial charge >= 0.3 is 5.97 Å². The Bertz CT molecular complexity index is 621. The number of aromatic nitrogens is 2. The average molecular weight is 258 g/mol. The highest BCUT2D eigenvalue weighted by Gasteiger charge is 2.37. The molecule has 1 aliphatic heterocycles. The van der Waals surface area contributed by atoms with Crippen LogP contribution in [0.25, 0.3) is 11.3 Å². The number of benzene rings is 1. The van der Waals surface area contributed by atoms with Crippen molar-refractivity contribution in [2.45, 2.75) is 19.1 Å². The summed E-state index contributed by atoms with van der Waals surface area (Å²) < 4.78 is 6.71. The molecule has 1 aromatic carbocycles. The van der Waals surface area contributed by atoms with Gasteiger partial charge < -0.3 is 14.4 Å². The highest BCUT2D eigenvalue weighted by molar-refractivity contribution is 5.79. The largest absolute Gasteiger partial charge is 0.464 e. The summed E-state index contributed by atoms with van der Waals surface area (Å²) in [7, 11) is 0. The number of imidazole rings is 1. The first-order valence-electron chi connectivity index (χ1n) is 6.20. The summed E-state index contributed by atoms with van der Waals surface area (Å²) in [5.41, 5.74) is 2.82. The fourth-order valence-electron chi connectivity index (χ4n) is 2.55. The van der Waals surface area contributed by atoms with Gasteiger partial charge in [0.05, 0.1) is 30.9 Å². The van der Waals surface area contributed by atoms with E-state index in [4.69, 9.17) is 4.74 Å². The molecule has 0 aliphatic carbocycles. The van der Waals surface area contributed by atoms with Crippen LogP contribution in [-0.4, -0.2) is 33.3 Å². The molecule has 0 spiro atoms. The number of hydrogen-bond acceptors (Lipinski definition) is 4. The van der Waals surface area contributed by atoms with Crippen LogP contribution in [0.4, 0.5) is 0 Å². The maximum absolute atomic E-state index is 11.8. The van der Waals surface area contributed by atoms with Crippen LogP contribution in [0.2, 0.25) is 0 Å². The van der Waals surface area contributed by atoms with Gasteiger partial charge in [-0.1, -0.05) is 24.3 Å². The van der Waals surface area contributed by atoms with E-state index >= 15 is 0 Å². The molecule has 1 aromatic heterocycles. The van der Waals surface area contributed by atoms with Gasteiger partial charge in [-0.3, -0.25) is 0 Å². The van der Waals surface area contributed by atoms with E-state index in [0.717, 1.165) is 16.8 Å². The second kappa shape index (κ2) is 4.51. The maximum atomic E-state index is 11.8. The van der Waals surface area contributed by atoms with E-state index in [1.165, 1.54) is 0 Å². The number of nitrogens with zero attached hydrogens (tertiary/aromatic N) is 2. The van der Waals surface area contributed by atoms with Crippen LogP contribution in [0.5, 0.6) is 0 Å². The van der Waals surface area contributed by atoms with Crippen molar-refractivity contribution < 1.29 is 14.6 Å². The Labute approximate surface area is 110 Å². The van der Waals surface area contributed by atoms with E-state index in [1.807, 2.05) is 28.8 Å². The molecule has 2 heterocycles. The van der Waals surface area contributed by atoms with Crippen molar-refractivity contribution in [3.8, 4) is 11.3 Å². The zero-order valence-corrected chi connectivity index (χ0v) is 10.5. The third kappa shape index (κ3) is 1.74. The molecule has 2 atom stereocenters. The molecule has 2 aromatic rings. The molecule has 5 nitrogen and oxygen atoms in total. The van der Waals surface area contributed by atoms with Gasteiger partial charge in [0.25, 0.3) is 0 Å². The number of aliphatic hydroxyl groups excluding tert-OH is 1. The Hall–Kier alpha value is -2.14. The standard InChI is InChI=1S/C14H14N2O3/c1-2-19-14(18)13(17)12-10-6-4-3-5-9(10)11-7-15-8-16(11)12/h3-8,12-13,17H,2H2,1H3. The van der Waals surface area contributed by atoms with E-state index < -0.39 is 18.1 Å². The van der Waals surface area contributed by atoms with Gasteiger partial charge in [0.2, 0.25) is 0 Å². The number of carbonyl (C=O) groups excluding carboxylic acids is 1. The summed E-state index contributed by atoms with van der Waals surface area (Å²) in [4.78, 5) is 15.8. The highest BCUT2D eigenvalue weighted by Crippen LogP contribution is 2.40.